The minimum atomic E-state index is -3.73. The van der Waals surface area contributed by atoms with E-state index in [1.54, 1.807) is 18.2 Å². The summed E-state index contributed by atoms with van der Waals surface area (Å²) in [6.45, 7) is 9.00. The number of carbonyl (C=O) groups is 1. The van der Waals surface area contributed by atoms with E-state index < -0.39 is 21.5 Å². The zero-order valence-electron chi connectivity index (χ0n) is 18.7. The molecule has 0 saturated carbocycles. The van der Waals surface area contributed by atoms with Gasteiger partial charge in [-0.1, -0.05) is 56.4 Å². The van der Waals surface area contributed by atoms with Gasteiger partial charge < -0.3 is 4.90 Å². The van der Waals surface area contributed by atoms with Crippen LogP contribution in [-0.2, 0) is 21.1 Å². The van der Waals surface area contributed by atoms with Crippen molar-refractivity contribution in [3.05, 3.63) is 54.1 Å². The van der Waals surface area contributed by atoms with Crippen molar-refractivity contribution in [2.75, 3.05) is 36.8 Å². The molecule has 0 N–H and O–H groups in total. The molecule has 0 radical (unpaired) electrons. The van der Waals surface area contributed by atoms with Gasteiger partial charge in [-0.2, -0.15) is 0 Å². The van der Waals surface area contributed by atoms with E-state index in [0.29, 0.717) is 18.2 Å². The van der Waals surface area contributed by atoms with E-state index in [0.717, 1.165) is 29.7 Å². The number of carbonyl (C=O) groups excluding carboxylic acids is 1. The van der Waals surface area contributed by atoms with Crippen LogP contribution in [-0.4, -0.2) is 56.1 Å². The number of sulfone groups is 1. The highest BCUT2D eigenvalue weighted by molar-refractivity contribution is 7.92. The highest BCUT2D eigenvalue weighted by Gasteiger charge is 2.26. The van der Waals surface area contributed by atoms with E-state index in [1.807, 2.05) is 12.1 Å². The lowest BCUT2D eigenvalue weighted by molar-refractivity contribution is -0.116. The van der Waals surface area contributed by atoms with Crippen LogP contribution in [0, 0.1) is 0 Å². The fraction of sp³-hybridized carbons (Fsp3) is 0.391. The molecule has 2 aromatic carbocycles. The van der Waals surface area contributed by atoms with Gasteiger partial charge in [-0.05, 0) is 49.3 Å². The third-order valence-corrected chi connectivity index (χ3v) is 7.99. The number of likely N-dealkylation sites (N-methyl/N-ethyl adjacent to an activating group) is 1. The third kappa shape index (κ3) is 6.28. The average molecular weight is 496 g/mol. The monoisotopic (exact) mass is 495 g/mol. The Labute approximate surface area is 200 Å². The summed E-state index contributed by atoms with van der Waals surface area (Å²) in [7, 11) is -3.73. The van der Waals surface area contributed by atoms with Gasteiger partial charge in [0.1, 0.15) is 5.75 Å². The molecule has 0 aliphatic rings. The fourth-order valence-corrected chi connectivity index (χ4v) is 5.64. The number of hydrogen-bond donors (Lipinski definition) is 0. The van der Waals surface area contributed by atoms with Gasteiger partial charge in [0, 0.05) is 13.1 Å². The highest BCUT2D eigenvalue weighted by Crippen LogP contribution is 2.30. The van der Waals surface area contributed by atoms with Gasteiger partial charge in [-0.15, -0.1) is 12.4 Å². The largest absolute Gasteiger partial charge is 0.302 e. The first kappa shape index (κ1) is 26.3. The predicted octanol–water partition coefficient (Wildman–Crippen LogP) is 4.43. The van der Waals surface area contributed by atoms with Crippen molar-refractivity contribution in [3.8, 4) is 0 Å². The highest BCUT2D eigenvalue weighted by atomic mass is 35.5. The smallest absolute Gasteiger partial charge is 0.244 e. The number of nitrogens with zero attached hydrogens (tertiary/aromatic N) is 3. The van der Waals surface area contributed by atoms with Crippen LogP contribution in [0.4, 0.5) is 5.13 Å². The Morgan fingerprint density at radius 1 is 1.00 bits per heavy atom. The minimum Gasteiger partial charge on any atom is -0.302 e. The second-order valence-electron chi connectivity index (χ2n) is 7.30. The minimum absolute atomic E-state index is 0. The van der Waals surface area contributed by atoms with E-state index in [1.165, 1.54) is 33.9 Å². The summed E-state index contributed by atoms with van der Waals surface area (Å²) in [5, 5.41) is 0.545. The molecule has 9 heteroatoms. The number of aromatic nitrogens is 1. The summed E-state index contributed by atoms with van der Waals surface area (Å²) >= 11 is 1.43. The fourth-order valence-electron chi connectivity index (χ4n) is 3.35. The number of rotatable bonds is 10. The van der Waals surface area contributed by atoms with Crippen LogP contribution in [0.2, 0.25) is 0 Å². The van der Waals surface area contributed by atoms with E-state index in [9.17, 15) is 13.2 Å². The molecule has 6 nitrogen and oxygen atoms in total. The normalized spacial score (nSPS) is 11.5. The molecule has 3 rings (SSSR count). The number of halogens is 1. The zero-order valence-corrected chi connectivity index (χ0v) is 21.1. The first-order valence-electron chi connectivity index (χ1n) is 10.6. The van der Waals surface area contributed by atoms with Gasteiger partial charge in [-0.3, -0.25) is 9.69 Å². The molecule has 0 aliphatic carbocycles. The first-order valence-corrected chi connectivity index (χ1v) is 13.0. The molecular weight excluding hydrogens is 466 g/mol. The summed E-state index contributed by atoms with van der Waals surface area (Å²) in [5.41, 5.74) is 2.03. The molecule has 174 valence electrons. The molecular formula is C23H30ClN3O3S2. The van der Waals surface area contributed by atoms with Crippen molar-refractivity contribution in [1.82, 2.24) is 9.88 Å². The van der Waals surface area contributed by atoms with Gasteiger partial charge in [0.05, 0.1) is 15.1 Å². The van der Waals surface area contributed by atoms with E-state index in [-0.39, 0.29) is 17.3 Å². The van der Waals surface area contributed by atoms with Crippen molar-refractivity contribution in [1.29, 1.82) is 0 Å². The molecule has 0 unspecified atom stereocenters. The van der Waals surface area contributed by atoms with Gasteiger partial charge >= 0.3 is 0 Å². The van der Waals surface area contributed by atoms with Crippen molar-refractivity contribution < 1.29 is 13.2 Å². The van der Waals surface area contributed by atoms with Crippen LogP contribution >= 0.6 is 23.7 Å². The first-order chi connectivity index (χ1) is 14.9. The molecule has 3 aromatic rings. The average Bonchev–Trinajstić information content (AvgIpc) is 3.19. The summed E-state index contributed by atoms with van der Waals surface area (Å²) in [4.78, 5) is 21.8. The number of aryl methyl sites for hydroxylation is 1. The third-order valence-electron chi connectivity index (χ3n) is 5.33. The van der Waals surface area contributed by atoms with Gasteiger partial charge in [0.15, 0.2) is 15.0 Å². The molecule has 0 aliphatic heterocycles. The van der Waals surface area contributed by atoms with Crippen LogP contribution in [0.25, 0.3) is 10.2 Å². The molecule has 0 atom stereocenters. The quantitative estimate of drug-likeness (QED) is 0.416. The molecule has 0 fully saturated rings. The van der Waals surface area contributed by atoms with E-state index >= 15 is 0 Å². The molecule has 0 spiro atoms. The number of hydrogen-bond acceptors (Lipinski definition) is 6. The second-order valence-corrected chi connectivity index (χ2v) is 10.3. The summed E-state index contributed by atoms with van der Waals surface area (Å²) in [6, 6.07) is 14.2. The summed E-state index contributed by atoms with van der Waals surface area (Å²) in [6.07, 6.45) is 0.920. The number of fused-ring (bicyclic) bond motifs is 1. The Morgan fingerprint density at radius 2 is 1.69 bits per heavy atom. The number of benzene rings is 2. The lowest BCUT2D eigenvalue weighted by Gasteiger charge is -2.24. The van der Waals surface area contributed by atoms with Crippen LogP contribution in [0.5, 0.6) is 0 Å². The topological polar surface area (TPSA) is 70.6 Å². The SMILES string of the molecule is CCc1ccc2nc(N(CCN(CC)CC)C(=O)CS(=O)(=O)c3ccccc3)sc2c1.Cl. The summed E-state index contributed by atoms with van der Waals surface area (Å²) in [5.74, 6) is -1.03. The maximum absolute atomic E-state index is 13.2. The number of anilines is 1. The molecule has 32 heavy (non-hydrogen) atoms. The molecule has 1 heterocycles. The molecule has 1 amide bonds. The Hall–Kier alpha value is -2.00. The van der Waals surface area contributed by atoms with Crippen LogP contribution < -0.4 is 4.90 Å². The number of amides is 1. The van der Waals surface area contributed by atoms with Crippen molar-refractivity contribution in [2.24, 2.45) is 0 Å². The van der Waals surface area contributed by atoms with Crippen molar-refractivity contribution in [2.45, 2.75) is 32.1 Å². The van der Waals surface area contributed by atoms with Crippen molar-refractivity contribution >= 4 is 54.8 Å². The molecule has 0 saturated heterocycles. The lowest BCUT2D eigenvalue weighted by atomic mass is 10.2. The zero-order chi connectivity index (χ0) is 22.4. The van der Waals surface area contributed by atoms with Crippen LogP contribution in [0.15, 0.2) is 53.4 Å². The van der Waals surface area contributed by atoms with E-state index in [4.69, 9.17) is 0 Å². The lowest BCUT2D eigenvalue weighted by Crippen LogP contribution is -2.41. The van der Waals surface area contributed by atoms with Crippen molar-refractivity contribution in [3.63, 3.8) is 0 Å². The Morgan fingerprint density at radius 3 is 2.31 bits per heavy atom. The van der Waals surface area contributed by atoms with Gasteiger partial charge in [0.25, 0.3) is 0 Å². The van der Waals surface area contributed by atoms with Crippen LogP contribution in [0.1, 0.15) is 26.3 Å². The predicted molar refractivity (Wildman–Crippen MR) is 135 cm³/mol. The standard InChI is InChI=1S/C23H29N3O3S2.ClH/c1-4-18-12-13-20-21(16-18)30-23(24-20)26(15-14-25(5-2)6-3)22(27)17-31(28,29)19-10-8-7-9-11-19;/h7-13,16H,4-6,14-15,17H2,1-3H3;1H. The molecule has 1 aromatic heterocycles. The van der Waals surface area contributed by atoms with Gasteiger partial charge in [-0.25, -0.2) is 13.4 Å². The second kappa shape index (κ2) is 11.7. The Bertz CT molecular complexity index is 1130. The Balaban J connectivity index is 0.00000363. The molecule has 0 bridgehead atoms. The van der Waals surface area contributed by atoms with Gasteiger partial charge in [0.2, 0.25) is 5.91 Å². The number of thiazole rings is 1. The van der Waals surface area contributed by atoms with Crippen LogP contribution in [0.3, 0.4) is 0 Å². The maximum atomic E-state index is 13.2. The maximum Gasteiger partial charge on any atom is 0.244 e. The Kier molecular flexibility index (Phi) is 9.64. The summed E-state index contributed by atoms with van der Waals surface area (Å²) < 4.78 is 26.6. The van der Waals surface area contributed by atoms with E-state index in [2.05, 4.69) is 36.7 Å².